The lowest BCUT2D eigenvalue weighted by molar-refractivity contribution is -0.128. The van der Waals surface area contributed by atoms with Crippen molar-refractivity contribution in [3.63, 3.8) is 0 Å². The van der Waals surface area contributed by atoms with E-state index in [0.29, 0.717) is 18.2 Å². The number of sulfonamides is 1. The Balaban J connectivity index is 2.10. The van der Waals surface area contributed by atoms with Crippen LogP contribution in [0.2, 0.25) is 0 Å². The summed E-state index contributed by atoms with van der Waals surface area (Å²) in [6, 6.07) is 3.88. The number of hydrogen-bond donors (Lipinski definition) is 3. The lowest BCUT2D eigenvalue weighted by Crippen LogP contribution is -2.44. The first-order valence-corrected chi connectivity index (χ1v) is 15.0. The zero-order valence-electron chi connectivity index (χ0n) is 21.2. The maximum absolute atomic E-state index is 13.9. The molecule has 0 aromatic heterocycles. The molecule has 3 rings (SSSR count). The lowest BCUT2D eigenvalue weighted by atomic mass is 9.85. The average molecular weight is 527 g/mol. The third-order valence-corrected chi connectivity index (χ3v) is 8.36. The normalized spacial score (nSPS) is 22.9. The molecule has 0 bridgehead atoms. The molecular weight excluding hydrogens is 491 g/mol. The zero-order valence-corrected chi connectivity index (χ0v) is 23.0. The number of fused-ring (bicyclic) bond motifs is 1. The molecule has 3 N–H and O–H groups in total. The summed E-state index contributed by atoms with van der Waals surface area (Å²) in [6.45, 7) is 12.2. The Morgan fingerprint density at radius 1 is 1.31 bits per heavy atom. The van der Waals surface area contributed by atoms with E-state index in [2.05, 4.69) is 28.6 Å². The molecule has 35 heavy (non-hydrogen) atoms. The number of nitrogens with zero attached hydrogens (tertiary/aromatic N) is 2. The summed E-state index contributed by atoms with van der Waals surface area (Å²) >= 11 is 0. The van der Waals surface area contributed by atoms with Gasteiger partial charge in [-0.3, -0.25) is 14.1 Å². The van der Waals surface area contributed by atoms with Crippen molar-refractivity contribution in [2.75, 3.05) is 29.4 Å². The van der Waals surface area contributed by atoms with Crippen LogP contribution in [0.3, 0.4) is 0 Å². The van der Waals surface area contributed by atoms with Gasteiger partial charge < -0.3 is 19.8 Å². The van der Waals surface area contributed by atoms with Crippen LogP contribution in [-0.4, -0.2) is 55.6 Å². The number of carbonyl (C=O) groups is 1. The molecule has 2 aliphatic heterocycles. The number of carbonyl (C=O) groups excluding carboxylic acids is 1. The molecule has 1 amide bonds. The number of rotatable bonds is 8. The van der Waals surface area contributed by atoms with Gasteiger partial charge in [0.2, 0.25) is 10.0 Å². The molecule has 2 atom stereocenters. The molecule has 1 aromatic rings. The van der Waals surface area contributed by atoms with Gasteiger partial charge in [-0.15, -0.1) is 0 Å². The van der Waals surface area contributed by atoms with Crippen LogP contribution in [0.15, 0.2) is 34.3 Å². The number of aliphatic hydroxyl groups is 1. The summed E-state index contributed by atoms with van der Waals surface area (Å²) in [5.41, 5.74) is 0.0734. The lowest BCUT2D eigenvalue weighted by Gasteiger charge is -2.35. The van der Waals surface area contributed by atoms with Crippen LogP contribution in [0, 0.1) is 11.3 Å². The monoisotopic (exact) mass is 526 g/mol. The number of amides is 1. The van der Waals surface area contributed by atoms with Crippen molar-refractivity contribution in [2.45, 2.75) is 54.0 Å². The van der Waals surface area contributed by atoms with Crippen molar-refractivity contribution in [2.24, 2.45) is 16.1 Å². The first-order valence-electron chi connectivity index (χ1n) is 11.6. The highest BCUT2D eigenvalue weighted by Gasteiger charge is 2.48. The van der Waals surface area contributed by atoms with Crippen LogP contribution in [0.25, 0.3) is 0 Å². The second-order valence-corrected chi connectivity index (χ2v) is 14.1. The molecule has 0 spiro atoms. The van der Waals surface area contributed by atoms with Crippen molar-refractivity contribution in [1.82, 2.24) is 4.90 Å². The molecular formula is C23H35N4O6PS. The Morgan fingerprint density at radius 3 is 2.51 bits per heavy atom. The molecule has 0 saturated heterocycles. The molecule has 0 radical (unpaired) electrons. The Hall–Kier alpha value is -2.36. The molecule has 194 valence electrons. The number of amidine groups is 1. The standard InChI is InChI=1S/C23H35N4O6PS/c1-8-33-34(30)17-13-15(26-35(7,31)32)9-10-16(17)24-21(25-34)18-19(28)20(23(4,5)6)27(22(18)29)12-11-14(2)3/h9-10,13-14,20,26,28H,8,11-12H2,1-7H3,(H,24,25,30)/t20-,34?/m1/s1. The van der Waals surface area contributed by atoms with E-state index in [-0.39, 0.29) is 34.8 Å². The van der Waals surface area contributed by atoms with E-state index in [1.54, 1.807) is 11.8 Å². The Labute approximate surface area is 207 Å². The number of nitrogens with one attached hydrogen (secondary N) is 2. The van der Waals surface area contributed by atoms with Crippen LogP contribution in [0.4, 0.5) is 11.4 Å². The van der Waals surface area contributed by atoms with Gasteiger partial charge in [0, 0.05) is 12.2 Å². The minimum absolute atomic E-state index is 0.0260. The third-order valence-electron chi connectivity index (χ3n) is 5.70. The highest BCUT2D eigenvalue weighted by molar-refractivity contribution is 7.92. The van der Waals surface area contributed by atoms with Crippen LogP contribution < -0.4 is 15.3 Å². The van der Waals surface area contributed by atoms with E-state index in [1.807, 2.05) is 20.8 Å². The summed E-state index contributed by atoms with van der Waals surface area (Å²) < 4.78 is 49.4. The molecule has 2 aliphatic rings. The third kappa shape index (κ3) is 5.73. The van der Waals surface area contributed by atoms with Gasteiger partial charge >= 0.3 is 7.52 Å². The predicted molar refractivity (Wildman–Crippen MR) is 139 cm³/mol. The minimum Gasteiger partial charge on any atom is -0.509 e. The fourth-order valence-electron chi connectivity index (χ4n) is 4.26. The fraction of sp³-hybridized carbons (Fsp3) is 0.565. The van der Waals surface area contributed by atoms with Crippen molar-refractivity contribution < 1.29 is 27.4 Å². The Bertz CT molecular complexity index is 1230. The topological polar surface area (TPSA) is 137 Å². The van der Waals surface area contributed by atoms with E-state index in [4.69, 9.17) is 4.52 Å². The number of hydrogen-bond acceptors (Lipinski definition) is 7. The van der Waals surface area contributed by atoms with Crippen LogP contribution in [0.5, 0.6) is 0 Å². The van der Waals surface area contributed by atoms with E-state index in [1.165, 1.54) is 18.2 Å². The van der Waals surface area contributed by atoms with Gasteiger partial charge in [0.15, 0.2) is 5.84 Å². The van der Waals surface area contributed by atoms with Gasteiger partial charge in [-0.25, -0.2) is 8.42 Å². The van der Waals surface area contributed by atoms with Gasteiger partial charge in [-0.2, -0.15) is 4.76 Å². The van der Waals surface area contributed by atoms with Crippen molar-refractivity contribution in [1.29, 1.82) is 0 Å². The molecule has 10 nitrogen and oxygen atoms in total. The SMILES string of the molecule is CCOP1(=O)N=C(C2=C(O)[C@H](C(C)(C)C)N(CCC(C)C)C2=O)Nc2ccc(NS(C)(=O)=O)cc21. The first-order chi connectivity index (χ1) is 16.1. The molecule has 12 heteroatoms. The van der Waals surface area contributed by atoms with E-state index in [0.717, 1.165) is 12.7 Å². The maximum atomic E-state index is 13.9. The van der Waals surface area contributed by atoms with Gasteiger partial charge in [0.1, 0.15) is 11.3 Å². The number of benzene rings is 1. The summed E-state index contributed by atoms with van der Waals surface area (Å²) in [4.78, 5) is 15.2. The van der Waals surface area contributed by atoms with E-state index in [9.17, 15) is 22.9 Å². The largest absolute Gasteiger partial charge is 0.509 e. The quantitative estimate of drug-likeness (QED) is 0.438. The van der Waals surface area contributed by atoms with Gasteiger partial charge in [0.05, 0.1) is 29.9 Å². The molecule has 1 unspecified atom stereocenters. The highest BCUT2D eigenvalue weighted by Crippen LogP contribution is 2.53. The van der Waals surface area contributed by atoms with Crippen LogP contribution >= 0.6 is 7.52 Å². The second-order valence-electron chi connectivity index (χ2n) is 10.3. The smallest absolute Gasteiger partial charge is 0.348 e. The highest BCUT2D eigenvalue weighted by atomic mass is 32.2. The molecule has 0 fully saturated rings. The molecule has 1 aromatic carbocycles. The molecule has 0 aliphatic carbocycles. The van der Waals surface area contributed by atoms with E-state index < -0.39 is 34.9 Å². The average Bonchev–Trinajstić information content (AvgIpc) is 2.95. The minimum atomic E-state index is -3.89. The predicted octanol–water partition coefficient (Wildman–Crippen LogP) is 3.85. The van der Waals surface area contributed by atoms with Gasteiger partial charge in [-0.05, 0) is 42.9 Å². The van der Waals surface area contributed by atoms with Gasteiger partial charge in [-0.1, -0.05) is 34.6 Å². The number of anilines is 2. The number of aliphatic hydroxyl groups excluding tert-OH is 1. The van der Waals surface area contributed by atoms with Crippen molar-refractivity contribution in [3.8, 4) is 0 Å². The van der Waals surface area contributed by atoms with Crippen molar-refractivity contribution in [3.05, 3.63) is 29.5 Å². The Morgan fingerprint density at radius 2 is 1.97 bits per heavy atom. The second kappa shape index (κ2) is 9.59. The Kier molecular flexibility index (Phi) is 7.47. The van der Waals surface area contributed by atoms with E-state index >= 15 is 0 Å². The summed E-state index contributed by atoms with van der Waals surface area (Å²) in [5, 5.41) is 14.4. The zero-order chi connectivity index (χ0) is 26.3. The summed E-state index contributed by atoms with van der Waals surface area (Å²) in [7, 11) is -7.45. The summed E-state index contributed by atoms with van der Waals surface area (Å²) in [6.07, 6.45) is 1.77. The van der Waals surface area contributed by atoms with Crippen LogP contribution in [0.1, 0.15) is 48.0 Å². The summed E-state index contributed by atoms with van der Waals surface area (Å²) in [5.74, 6) is -0.183. The maximum Gasteiger partial charge on any atom is 0.348 e. The molecule has 2 heterocycles. The van der Waals surface area contributed by atoms with Crippen molar-refractivity contribution >= 4 is 46.0 Å². The fourth-order valence-corrected chi connectivity index (χ4v) is 6.62. The van der Waals surface area contributed by atoms with Crippen LogP contribution in [-0.2, 0) is 23.9 Å². The van der Waals surface area contributed by atoms with Gasteiger partial charge in [0.25, 0.3) is 5.91 Å². The molecule has 0 saturated carbocycles. The first kappa shape index (κ1) is 27.2.